The molecule has 0 aliphatic carbocycles. The van der Waals surface area contributed by atoms with Gasteiger partial charge in [-0.05, 0) is 130 Å². The maximum Gasteiger partial charge on any atom is 0.252 e. The fourth-order valence-electron chi connectivity index (χ4n) is 16.3. The number of rotatable bonds is 4. The Morgan fingerprint density at radius 2 is 0.586 bits per heavy atom. The number of hydrogen-bond acceptors (Lipinski definition) is 0. The molecule has 19 aromatic rings. The molecule has 2 aliphatic heterocycles. The summed E-state index contributed by atoms with van der Waals surface area (Å²) in [6.45, 7) is 4.83. The molecule has 462 valence electrons. The Kier molecular flexibility index (Phi) is 8.41. The van der Waals surface area contributed by atoms with Crippen molar-refractivity contribution in [3.8, 4) is 45.0 Å². The van der Waals surface area contributed by atoms with Crippen molar-refractivity contribution in [2.75, 3.05) is 0 Å². The second kappa shape index (κ2) is 21.0. The topological polar surface area (TPSA) is 19.7 Å². The quantitative estimate of drug-likeness (QED) is 0.157. The standard InChI is InChI=1S/C94H63BN4/c1-94(2,3)60-56-85-89-86(57-60)99-91-62(59-30-8-5-9-31-59)45-27-47-76(91)68-37-13-11-33-64(68)66-35-15-17-43-74(66)88-84(97-81-50-24-20-40-71(81)72-41-21-25-51-82(72)97)55-53-78(93(88)99)95(89)77-52-54-83(96-79-48-22-18-38-69(79)70-39-19-23-49-80(70)96)87-73-42-16-14-34-65(73)63-32-10-12-36-67(63)75-46-26-44-61(58-28-6-4-7-29-58)90(75)98(85)92(77)87/h4-57H,1-3H3/i18D,19D,20D,21D,22D,23D,24D,25D,38D,39D,40D,41D,48D,49D,50D,51D,52D,53D,54D,55D. The van der Waals surface area contributed by atoms with Crippen LogP contribution in [0.2, 0.25) is 0 Å². The molecule has 0 amide bonds. The normalized spacial score (nSPS) is 15.4. The molecule has 0 fully saturated rings. The SMILES string of the molecule is [2H]c1c([2H])c2c3c(c1-n1c4c([2H])c([2H])c([2H])c([2H])c4c4c([2H])c([2H])c([2H])c([2H])c41)c1ccccc1c1ccccc1c1cccc(-c4ccccc4)c1n3-c1cc(C(C)(C)C)cc3c1B2c1c([2H])c([2H])c(-n2c4c([2H])c([2H])c([2H])c([2H])c4c4c([2H])c([2H])c([2H])c([2H])c42)c2c4ccccc4c4ccccc4c4cccc(-c5ccccc5)c4n-3c12. The molecule has 0 unspecified atom stereocenters. The average molecular weight is 1280 g/mol. The van der Waals surface area contributed by atoms with Crippen LogP contribution >= 0.6 is 0 Å². The smallest absolute Gasteiger partial charge is 0.252 e. The minimum absolute atomic E-state index is 0.0979. The highest BCUT2D eigenvalue weighted by Gasteiger charge is 2.42. The summed E-state index contributed by atoms with van der Waals surface area (Å²) in [4.78, 5) is 0. The summed E-state index contributed by atoms with van der Waals surface area (Å²) in [6.07, 6.45) is 0. The maximum absolute atomic E-state index is 11.8. The Balaban J connectivity index is 1.15. The fraction of sp³-hybridized carbons (Fsp3) is 0.0426. The van der Waals surface area contributed by atoms with E-state index >= 15 is 0 Å². The van der Waals surface area contributed by atoms with E-state index in [1.165, 1.54) is 9.13 Å². The average Bonchev–Trinajstić information content (AvgIpc) is 1.57. The fourth-order valence-corrected chi connectivity index (χ4v) is 16.3. The van der Waals surface area contributed by atoms with E-state index in [9.17, 15) is 27.4 Å². The summed E-state index contributed by atoms with van der Waals surface area (Å²) in [5.41, 5.74) is 4.43. The van der Waals surface area contributed by atoms with Crippen LogP contribution < -0.4 is 16.4 Å². The van der Waals surface area contributed by atoms with Crippen LogP contribution in [0.1, 0.15) is 53.7 Å². The van der Waals surface area contributed by atoms with Gasteiger partial charge in [0, 0.05) is 65.6 Å². The van der Waals surface area contributed by atoms with Crippen molar-refractivity contribution in [3.63, 3.8) is 0 Å². The molecule has 2 aliphatic rings. The summed E-state index contributed by atoms with van der Waals surface area (Å²) >= 11 is 0. The van der Waals surface area contributed by atoms with E-state index in [2.05, 4.69) is 42.0 Å². The van der Waals surface area contributed by atoms with Gasteiger partial charge in [0.05, 0.1) is 82.9 Å². The third-order valence-corrected chi connectivity index (χ3v) is 20.5. The number of benzene rings is 15. The van der Waals surface area contributed by atoms with Crippen molar-refractivity contribution in [3.05, 3.63) is 333 Å². The first kappa shape index (κ1) is 39.6. The molecule has 21 rings (SSSR count). The van der Waals surface area contributed by atoms with Crippen molar-refractivity contribution in [1.29, 1.82) is 0 Å². The van der Waals surface area contributed by atoms with E-state index in [0.29, 0.717) is 82.1 Å². The zero-order valence-corrected chi connectivity index (χ0v) is 53.5. The molecule has 0 atom stereocenters. The molecule has 0 N–H and O–H groups in total. The predicted octanol–water partition coefficient (Wildman–Crippen LogP) is 22.7. The summed E-state index contributed by atoms with van der Waals surface area (Å²) in [6, 6.07) is 54.4. The number of fused-ring (bicyclic) bond motifs is 24. The molecule has 6 heterocycles. The van der Waals surface area contributed by atoms with E-state index in [1.54, 1.807) is 0 Å². The Labute approximate surface area is 600 Å². The van der Waals surface area contributed by atoms with Gasteiger partial charge in [-0.15, -0.1) is 0 Å². The molecular formula is C94H63BN4. The van der Waals surface area contributed by atoms with Gasteiger partial charge in [0.1, 0.15) is 0 Å². The van der Waals surface area contributed by atoms with E-state index in [1.807, 2.05) is 194 Å². The second-order valence-electron chi connectivity index (χ2n) is 26.6. The summed E-state index contributed by atoms with van der Waals surface area (Å²) < 4.78 is 209. The van der Waals surface area contributed by atoms with Crippen molar-refractivity contribution < 1.29 is 27.4 Å². The molecule has 4 aromatic heterocycles. The van der Waals surface area contributed by atoms with E-state index in [0.717, 1.165) is 27.5 Å². The van der Waals surface area contributed by atoms with Gasteiger partial charge in [-0.25, -0.2) is 0 Å². The number of para-hydroxylation sites is 6. The predicted molar refractivity (Wildman–Crippen MR) is 423 cm³/mol. The van der Waals surface area contributed by atoms with Gasteiger partial charge in [-0.2, -0.15) is 0 Å². The molecule has 0 radical (unpaired) electrons. The Bertz CT molecular complexity index is 7540. The van der Waals surface area contributed by atoms with Gasteiger partial charge in [0.25, 0.3) is 6.71 Å². The van der Waals surface area contributed by atoms with Crippen LogP contribution in [0.15, 0.2) is 327 Å². The molecule has 0 saturated heterocycles. The molecule has 0 saturated carbocycles. The minimum Gasteiger partial charge on any atom is -0.309 e. The number of nitrogens with zero attached hydrogens (tertiary/aromatic N) is 4. The van der Waals surface area contributed by atoms with Crippen LogP contribution in [0.25, 0.3) is 175 Å². The summed E-state index contributed by atoms with van der Waals surface area (Å²) in [7, 11) is 0. The second-order valence-corrected chi connectivity index (χ2v) is 26.6. The summed E-state index contributed by atoms with van der Waals surface area (Å²) in [5, 5.41) is 5.56. The van der Waals surface area contributed by atoms with Gasteiger partial charge in [0.15, 0.2) is 0 Å². The van der Waals surface area contributed by atoms with E-state index in [4.69, 9.17) is 0 Å². The van der Waals surface area contributed by atoms with Crippen molar-refractivity contribution >= 4 is 153 Å². The van der Waals surface area contributed by atoms with Crippen molar-refractivity contribution in [2.24, 2.45) is 0 Å². The number of hydrogen-bond donors (Lipinski definition) is 0. The van der Waals surface area contributed by atoms with Crippen LogP contribution in [0.5, 0.6) is 0 Å². The Morgan fingerprint density at radius 1 is 0.273 bits per heavy atom. The Morgan fingerprint density at radius 3 is 0.949 bits per heavy atom. The molecule has 99 heavy (non-hydrogen) atoms. The van der Waals surface area contributed by atoms with Crippen LogP contribution in [0.3, 0.4) is 0 Å². The zero-order valence-electron chi connectivity index (χ0n) is 73.5. The van der Waals surface area contributed by atoms with Crippen LogP contribution in [-0.2, 0) is 5.41 Å². The number of aromatic nitrogens is 4. The first-order valence-corrected chi connectivity index (χ1v) is 33.1. The lowest BCUT2D eigenvalue weighted by atomic mass is 9.34. The largest absolute Gasteiger partial charge is 0.309 e. The highest BCUT2D eigenvalue weighted by atomic mass is 15.1. The van der Waals surface area contributed by atoms with Crippen LogP contribution in [-0.4, -0.2) is 25.0 Å². The van der Waals surface area contributed by atoms with Gasteiger partial charge < -0.3 is 18.3 Å². The first-order chi connectivity index (χ1) is 57.2. The van der Waals surface area contributed by atoms with E-state index < -0.39 is 133 Å². The summed E-state index contributed by atoms with van der Waals surface area (Å²) in [5.74, 6) is 0. The van der Waals surface area contributed by atoms with Gasteiger partial charge in [-0.3, -0.25) is 0 Å². The lowest BCUT2D eigenvalue weighted by Crippen LogP contribution is -2.60. The van der Waals surface area contributed by atoms with Crippen LogP contribution in [0.4, 0.5) is 0 Å². The van der Waals surface area contributed by atoms with E-state index in [-0.39, 0.29) is 87.7 Å². The van der Waals surface area contributed by atoms with Crippen molar-refractivity contribution in [1.82, 2.24) is 18.3 Å². The maximum atomic E-state index is 11.8. The zero-order chi connectivity index (χ0) is 82.8. The molecule has 5 heteroatoms. The van der Waals surface area contributed by atoms with Gasteiger partial charge >= 0.3 is 0 Å². The highest BCUT2D eigenvalue weighted by molar-refractivity contribution is 7.00. The van der Waals surface area contributed by atoms with Crippen molar-refractivity contribution in [2.45, 2.75) is 26.2 Å². The molecule has 0 bridgehead atoms. The lowest BCUT2D eigenvalue weighted by Gasteiger charge is -2.38. The lowest BCUT2D eigenvalue weighted by molar-refractivity contribution is 0.589. The van der Waals surface area contributed by atoms with Crippen LogP contribution in [0, 0.1) is 0 Å². The molecule has 4 nitrogen and oxygen atoms in total. The minimum atomic E-state index is -1.47. The third kappa shape index (κ3) is 7.87. The first-order valence-electron chi connectivity index (χ1n) is 43.1. The van der Waals surface area contributed by atoms with Gasteiger partial charge in [0.2, 0.25) is 0 Å². The molecule has 0 spiro atoms. The molecule has 15 aromatic carbocycles. The highest BCUT2D eigenvalue weighted by Crippen LogP contribution is 2.48. The third-order valence-electron chi connectivity index (χ3n) is 20.5. The molecular weight excluding hydrogens is 1200 g/mol. The monoisotopic (exact) mass is 1280 g/mol. The Hall–Kier alpha value is -12.4. The van der Waals surface area contributed by atoms with Gasteiger partial charge in [-0.1, -0.05) is 299 Å².